The highest BCUT2D eigenvalue weighted by atomic mass is 35.5. The molecule has 128 heavy (non-hydrogen) atoms. The summed E-state index contributed by atoms with van der Waals surface area (Å²) in [5.74, 6) is -10.4. The molecule has 0 aliphatic heterocycles. The molecule has 50 heteroatoms. The average Bonchev–Trinajstić information content (AvgIpc) is 0.875. The molecule has 0 unspecified atom stereocenters. The van der Waals surface area contributed by atoms with E-state index in [-0.39, 0.29) is 74.0 Å². The van der Waals surface area contributed by atoms with Crippen molar-refractivity contribution in [2.24, 2.45) is 5.11 Å². The van der Waals surface area contributed by atoms with Crippen molar-refractivity contribution in [3.8, 4) is 11.5 Å². The standard InChI is InChI=1S/C69H111N19O25.C7H4ClNO4.C2H6/c1-73(36-52(89)18-17-26-108-28-30-110-32-34-112-35-33-111-31-29-109-27-25-71-72-70)55(91)38-75(3)57(93)40-77(5)59(95)42-79(7)61(97)44-81(9)63(99)46-83(11)65(101)48-85(13)67(103)50-87(15)68(104)49-86(14)66(102)47-84(12)64(100)45-82(10)62(98)43-80(8)60(96)41-78(6)58(94)39-76(4)56(92)37-74(2)54(90)19-16-20-69(105)113-53-23-21-51(22-24-53)88(106)107;8-7(10)13-6-3-1-5(2-4-6)9(11)12;1-2/h21-24H,16-20,25-50H2,1-15H3;1-4H;1-2H3/i;;1D. The molecule has 0 N–H and O–H groups in total. The summed E-state index contributed by atoms with van der Waals surface area (Å²) in [6.07, 6.45) is 0.348. The molecule has 0 spiro atoms. The number of nitro groups is 2. The van der Waals surface area contributed by atoms with Crippen molar-refractivity contribution in [2.75, 3.05) is 277 Å². The zero-order valence-corrected chi connectivity index (χ0v) is 76.2. The summed E-state index contributed by atoms with van der Waals surface area (Å²) in [6, 6.07) is 9.87. The summed E-state index contributed by atoms with van der Waals surface area (Å²) in [6.45, 7) is -1.11. The summed E-state index contributed by atoms with van der Waals surface area (Å²) >= 11 is 4.92. The van der Waals surface area contributed by atoms with Gasteiger partial charge in [-0.1, -0.05) is 18.9 Å². The van der Waals surface area contributed by atoms with Gasteiger partial charge in [-0.15, -0.1) is 0 Å². The van der Waals surface area contributed by atoms with Gasteiger partial charge in [-0.05, 0) is 42.6 Å². The summed E-state index contributed by atoms with van der Waals surface area (Å²) in [4.78, 5) is 269. The molecular formula is C78H121ClN20O29. The number of nitro benzene ring substituents is 2. The number of carbonyl (C=O) groups excluding carboxylic acids is 18. The maximum Gasteiger partial charge on any atom is 0.409 e. The quantitative estimate of drug-likeness (QED) is 0.00850. The van der Waals surface area contributed by atoms with Crippen molar-refractivity contribution in [1.29, 1.82) is 0 Å². The number of azide groups is 1. The Labute approximate surface area is 748 Å². The molecular weight excluding hydrogens is 1720 g/mol. The Morgan fingerprint density at radius 1 is 0.328 bits per heavy atom. The van der Waals surface area contributed by atoms with Crippen molar-refractivity contribution in [3.05, 3.63) is 79.2 Å². The van der Waals surface area contributed by atoms with Crippen LogP contribution in [0.2, 0.25) is 0 Å². The van der Waals surface area contributed by atoms with Crippen LogP contribution in [-0.2, 0) is 105 Å². The third-order valence-electron chi connectivity index (χ3n) is 17.9. The fraction of sp³-hybridized carbons (Fsp3) is 0.615. The van der Waals surface area contributed by atoms with Gasteiger partial charge in [-0.2, -0.15) is 0 Å². The van der Waals surface area contributed by atoms with Gasteiger partial charge >= 0.3 is 11.4 Å². The van der Waals surface area contributed by atoms with Gasteiger partial charge < -0.3 is 107 Å². The van der Waals surface area contributed by atoms with Crippen molar-refractivity contribution in [3.63, 3.8) is 0 Å². The number of hydrogen-bond donors (Lipinski definition) is 0. The predicted molar refractivity (Wildman–Crippen MR) is 456 cm³/mol. The number of Topliss-reactive ketones (excluding diaryl/α,β-unsaturated/α-hetero) is 1. The topological polar surface area (TPSA) is 556 Å². The molecule has 2 rings (SSSR count). The number of likely N-dealkylation sites (N-methyl/N-ethyl adjacent to an activating group) is 15. The smallest absolute Gasteiger partial charge is 0.409 e. The summed E-state index contributed by atoms with van der Waals surface area (Å²) in [5.41, 5.74) is 6.97. The van der Waals surface area contributed by atoms with E-state index < -0.39 is 195 Å². The monoisotopic (exact) mass is 1840 g/mol. The number of carbonyl (C=O) groups is 18. The first-order valence-electron chi connectivity index (χ1n) is 40.2. The van der Waals surface area contributed by atoms with Gasteiger partial charge in [0.1, 0.15) is 11.5 Å². The first kappa shape index (κ1) is 113. The lowest BCUT2D eigenvalue weighted by Gasteiger charge is -2.28. The predicted octanol–water partition coefficient (Wildman–Crippen LogP) is -1.35. The van der Waals surface area contributed by atoms with Crippen LogP contribution in [0.5, 0.6) is 11.5 Å². The Balaban J connectivity index is 0.00000920. The van der Waals surface area contributed by atoms with E-state index in [0.717, 1.165) is 68.6 Å². The number of hydrogen-bond acceptors (Lipinski definition) is 30. The highest BCUT2D eigenvalue weighted by Gasteiger charge is 2.30. The molecule has 714 valence electrons. The molecule has 0 aliphatic rings. The number of nitrogens with zero attached hydrogens (tertiary/aromatic N) is 20. The maximum atomic E-state index is 13.2. The van der Waals surface area contributed by atoms with E-state index in [4.69, 9.17) is 46.9 Å². The second kappa shape index (κ2) is 63.3. The zero-order chi connectivity index (χ0) is 98.2. The van der Waals surface area contributed by atoms with Crippen LogP contribution in [0.4, 0.5) is 16.2 Å². The van der Waals surface area contributed by atoms with Crippen LogP contribution in [0, 0.1) is 20.2 Å². The number of halogens is 1. The summed E-state index contributed by atoms with van der Waals surface area (Å²) < 4.78 is 42.8. The normalized spacial score (nSPS) is 10.5. The summed E-state index contributed by atoms with van der Waals surface area (Å²) in [5, 5.41) is 24.4. The first-order chi connectivity index (χ1) is 60.6. The number of rotatable bonds is 57. The lowest BCUT2D eigenvalue weighted by Crippen LogP contribution is -2.49. The summed E-state index contributed by atoms with van der Waals surface area (Å²) in [7, 11) is 19.6. The van der Waals surface area contributed by atoms with Gasteiger partial charge in [-0.25, -0.2) is 4.79 Å². The molecule has 15 amide bonds. The number of amides is 15. The zero-order valence-electron chi connectivity index (χ0n) is 76.4. The minimum Gasteiger partial charge on any atom is -0.427 e. The third kappa shape index (κ3) is 49.3. The van der Waals surface area contributed by atoms with Crippen molar-refractivity contribution in [2.45, 2.75) is 45.9 Å². The third-order valence-corrected chi connectivity index (χ3v) is 18.0. The number of non-ortho nitro benzene ring substituents is 2. The molecule has 49 nitrogen and oxygen atoms in total. The van der Waals surface area contributed by atoms with Gasteiger partial charge in [0.2, 0.25) is 88.6 Å². The number of esters is 1. The van der Waals surface area contributed by atoms with E-state index in [2.05, 4.69) is 14.8 Å². The van der Waals surface area contributed by atoms with E-state index in [1.54, 1.807) is 6.92 Å². The Morgan fingerprint density at radius 2 is 0.539 bits per heavy atom. The van der Waals surface area contributed by atoms with Gasteiger partial charge in [-0.3, -0.25) is 102 Å². The number of benzene rings is 2. The minimum atomic E-state index is -0.978. The average molecular weight is 1840 g/mol. The highest BCUT2D eigenvalue weighted by molar-refractivity contribution is 6.61. The maximum absolute atomic E-state index is 13.2. The van der Waals surface area contributed by atoms with Crippen molar-refractivity contribution in [1.82, 2.24) is 73.5 Å². The molecule has 0 heterocycles. The molecule has 0 atom stereocenters. The van der Waals surface area contributed by atoms with E-state index in [1.165, 1.54) is 159 Å². The Morgan fingerprint density at radius 3 is 0.766 bits per heavy atom. The molecule has 0 saturated carbocycles. The van der Waals surface area contributed by atoms with Gasteiger partial charge in [0.25, 0.3) is 11.4 Å². The SMILES string of the molecule is CN(CC(=O)CCCOCCOCCOCCOCCOCCN=[N+]=[N-])C(=O)CN(C)C(=O)CN(C)C(=O)CN(C)C(=O)CN(C)C(=O)CN(C)C(=O)CN(C)C(=O)CN(C)C(=O)CN(C)C(=O)CN(C)C(=O)CN(C)C(=O)CN(C)C(=O)CN(C)C(=O)CN(C)C(=O)CN(C)C(=O)CCCC(=O)Oc1ccc([N+](=O)[O-])cc1.O=C(Cl)Oc1ccc([N+](=O)[O-])cc1.[2H]CC. The van der Waals surface area contributed by atoms with Crippen molar-refractivity contribution < 1.29 is 131 Å². The Kier molecular flexibility index (Phi) is 56.0. The van der Waals surface area contributed by atoms with Crippen LogP contribution < -0.4 is 9.47 Å². The van der Waals surface area contributed by atoms with E-state index >= 15 is 0 Å². The molecule has 0 saturated heterocycles. The van der Waals surface area contributed by atoms with Crippen LogP contribution >= 0.6 is 11.6 Å². The van der Waals surface area contributed by atoms with Crippen LogP contribution in [0.25, 0.3) is 10.4 Å². The van der Waals surface area contributed by atoms with E-state index in [1.807, 2.05) is 0 Å². The molecule has 0 fully saturated rings. The van der Waals surface area contributed by atoms with Gasteiger partial charge in [0, 0.05) is 180 Å². The second-order valence-electron chi connectivity index (χ2n) is 28.6. The molecule has 0 aliphatic carbocycles. The van der Waals surface area contributed by atoms with Crippen LogP contribution in [-0.4, -0.2) is 466 Å². The van der Waals surface area contributed by atoms with E-state index in [9.17, 15) is 107 Å². The molecule has 2 aromatic rings. The number of ketones is 1. The molecule has 0 bridgehead atoms. The van der Waals surface area contributed by atoms with Crippen molar-refractivity contribution >= 4 is 129 Å². The highest BCUT2D eigenvalue weighted by Crippen LogP contribution is 2.20. The van der Waals surface area contributed by atoms with Crippen LogP contribution in [0.1, 0.15) is 47.3 Å². The molecule has 0 radical (unpaired) electrons. The fourth-order valence-corrected chi connectivity index (χ4v) is 9.91. The van der Waals surface area contributed by atoms with Crippen LogP contribution in [0.3, 0.4) is 0 Å². The fourth-order valence-electron chi connectivity index (χ4n) is 9.82. The lowest BCUT2D eigenvalue weighted by molar-refractivity contribution is -0.385. The molecule has 2 aromatic carbocycles. The van der Waals surface area contributed by atoms with E-state index in [0.29, 0.717) is 79.4 Å². The van der Waals surface area contributed by atoms with Gasteiger partial charge in [0.15, 0.2) is 5.78 Å². The lowest BCUT2D eigenvalue weighted by atomic mass is 10.2. The second-order valence-corrected chi connectivity index (χ2v) is 28.9. The first-order valence-corrected chi connectivity index (χ1v) is 39.9. The minimum absolute atomic E-state index is 0.0728. The van der Waals surface area contributed by atoms with Crippen LogP contribution in [0.15, 0.2) is 53.6 Å². The Bertz CT molecular complexity index is 4120. The molecule has 0 aromatic heterocycles. The largest absolute Gasteiger partial charge is 0.427 e. The van der Waals surface area contributed by atoms with Gasteiger partial charge in [0.05, 0.1) is 167 Å². The Hall–Kier alpha value is -12.7. The number of ether oxygens (including phenoxy) is 7.